The number of amidine groups is 1. The summed E-state index contributed by atoms with van der Waals surface area (Å²) in [6.07, 6.45) is 71.4. The number of nitrogens with two attached hydrogens (primary N) is 4. The first-order valence-electron chi connectivity index (χ1n) is 55.2. The summed E-state index contributed by atoms with van der Waals surface area (Å²) in [5.41, 5.74) is 16.2. The zero-order chi connectivity index (χ0) is 106. The van der Waals surface area contributed by atoms with Crippen molar-refractivity contribution in [3.8, 4) is 41.0 Å². The number of nitrogen functional groups attached to an aromatic ring is 1. The molecule has 6 aromatic carbocycles. The maximum absolute atomic E-state index is 12.3. The molecule has 2 aromatic heterocycles. The van der Waals surface area contributed by atoms with E-state index in [1.807, 2.05) is 48.5 Å². The fraction of sp³-hybridized carbons (Fsp3) is 0.583. The van der Waals surface area contributed by atoms with E-state index in [0.29, 0.717) is 59.6 Å². The molecule has 0 bridgehead atoms. The normalized spacial score (nSPS) is 13.2. The lowest BCUT2D eigenvalue weighted by Gasteiger charge is -2.08. The van der Waals surface area contributed by atoms with E-state index < -0.39 is 22.2 Å². The summed E-state index contributed by atoms with van der Waals surface area (Å²) in [7, 11) is 2.79. The molecule has 4 aliphatic carbocycles. The van der Waals surface area contributed by atoms with Crippen LogP contribution in [0.3, 0.4) is 0 Å². The predicted octanol–water partition coefficient (Wildman–Crippen LogP) is 28.7. The second kappa shape index (κ2) is 76.7. The third-order valence-corrected chi connectivity index (χ3v) is 28.2. The van der Waals surface area contributed by atoms with Crippen molar-refractivity contribution in [1.82, 2.24) is 41.1 Å². The molecule has 2 heterocycles. The van der Waals surface area contributed by atoms with Gasteiger partial charge in [-0.1, -0.05) is 386 Å². The van der Waals surface area contributed by atoms with Gasteiger partial charge in [-0.2, -0.15) is 26.0 Å². The van der Waals surface area contributed by atoms with Crippen molar-refractivity contribution in [2.75, 3.05) is 20.8 Å². The Hall–Kier alpha value is -10.8. The number of methoxy groups -OCH3 is 2. The highest BCUT2D eigenvalue weighted by atomic mass is 79.9. The molecule has 2 amide bonds. The number of nitrogens with one attached hydrogen (secondary N) is 5. The first-order chi connectivity index (χ1) is 71.0. The van der Waals surface area contributed by atoms with E-state index >= 15 is 0 Å². The van der Waals surface area contributed by atoms with Gasteiger partial charge in [0.05, 0.1) is 55.5 Å². The molecule has 0 atom stereocenters. The van der Waals surface area contributed by atoms with Crippen molar-refractivity contribution < 1.29 is 43.3 Å². The molecule has 4 saturated carbocycles. The molecule has 0 spiro atoms. The average Bonchev–Trinajstić information content (AvgIpc) is 1.59. The largest absolute Gasteiger partial charge is 0.480 e. The van der Waals surface area contributed by atoms with Crippen LogP contribution in [0.4, 0.5) is 0 Å². The maximum Gasteiger partial charge on any atom is 0.337 e. The lowest BCUT2D eigenvalue weighted by molar-refractivity contribution is -0.141. The summed E-state index contributed by atoms with van der Waals surface area (Å²) < 4.78 is 10.2. The van der Waals surface area contributed by atoms with E-state index in [4.69, 9.17) is 37.4 Å². The minimum atomic E-state index is -0.986. The number of carboxylic acid groups (broad SMARTS) is 1. The Morgan fingerprint density at radius 2 is 0.687 bits per heavy atom. The molecule has 14 N–H and O–H groups in total. The Labute approximate surface area is 895 Å². The van der Waals surface area contributed by atoms with Gasteiger partial charge in [0, 0.05) is 26.7 Å². The van der Waals surface area contributed by atoms with E-state index in [9.17, 15) is 34.0 Å². The number of amides is 2. The van der Waals surface area contributed by atoms with Crippen LogP contribution in [-0.4, -0.2) is 97.6 Å². The van der Waals surface area contributed by atoms with Gasteiger partial charge in [-0.05, 0) is 210 Å². The van der Waals surface area contributed by atoms with Crippen LogP contribution in [0.1, 0.15) is 456 Å². The highest BCUT2D eigenvalue weighted by Crippen LogP contribution is 2.49. The monoisotopic (exact) mass is 2100 g/mol. The van der Waals surface area contributed by atoms with Crippen molar-refractivity contribution >= 4 is 69.7 Å². The molecule has 0 aliphatic heterocycles. The minimum Gasteiger partial charge on any atom is -0.480 e. The molecule has 12 rings (SSSR count). The first kappa shape index (κ1) is 128. The summed E-state index contributed by atoms with van der Waals surface area (Å²) in [5.74, 6) is 14.1. The Kier molecular flexibility index (Phi) is 67.0. The van der Waals surface area contributed by atoms with Crippen LogP contribution in [0.2, 0.25) is 0 Å². The summed E-state index contributed by atoms with van der Waals surface area (Å²) in [6, 6.07) is 53.5. The summed E-state index contributed by atoms with van der Waals surface area (Å²) in [5, 5.41) is 60.0. The number of carbonyl (C=O) groups is 6. The SMILES string of the molecule is CCCCCCCCCCCc1cccc(-c2n[nH]c(C3(C#N)CC3)n2)c1.CCCCCCCCCCCc1cccc(-c2n[nH]c(C3(C(=N)N)CC3)n2)c1.CCCCCCCCCCCc1cccc(C(=O)NCC(=O)C2(C#N)CC2)c1.CCCCCCCCCCCc1cccc(C(=O)NN)c1.CCCCCCCCCCCc1cccc(C(=O)OC)c1.COC(=O)c1cccc(Br)c1.Cl.N#CC1(C(=O)O)CC1.NN. The number of hydrogen-bond acceptors (Lipinski definition) is 19. The molecular weight excluding hydrogens is 1920 g/mol. The maximum atomic E-state index is 12.3. The zero-order valence-corrected chi connectivity index (χ0v) is 92.4. The standard InChI is InChI=1S/C24H34N2O2.C23H35N5.C23H32N4.C19H30O2.C18H30N2O.C8H7BrO2.C5H5NO2.ClH.H4N2/c1-2-3-4-5-6-7-8-9-10-12-20-13-11-14-21(17-20)23(28)26-18-22(27)24(19-25)15-16-24;1-2-3-4-5-6-7-8-9-10-12-18-13-11-14-19(17-18)20-26-22(28-27-20)23(15-16-23)21(24)25;1-2-3-4-5-6-7-8-9-10-12-19-13-11-14-20(17-19)21-25-22(27-26-21)23(18-24)15-16-23;1-3-4-5-6-7-8-9-10-11-13-17-14-12-15-18(16-17)19(20)21-2;1-2-3-4-5-6-7-8-9-10-12-16-13-11-14-17(15-16)18(21)20-19;1-11-8(10)6-3-2-4-7(9)5-6;6-3-5(1-2-5)4(7)8;;1-2/h11,13-14,17H,2-10,12,15-16,18H2,1H3,(H,26,28);11,13-14,17H,2-10,12,15-16H2,1H3,(H3,24,25)(H,26,27,28);11,13-14,17H,2-10,12,15-16H2,1H3,(H,25,26,27);12,14-16H,3-11,13H2,1-2H3;11,13-15H,2-10,12,19H2,1H3,(H,20,21);2-5H,1H3;1-2H2,(H,7,8);1H;1-2H2. The number of nitrogens with zero attached hydrogens (tertiary/aromatic N) is 7. The van der Waals surface area contributed by atoms with Crippen LogP contribution in [0.25, 0.3) is 22.8 Å². The molecule has 0 saturated heterocycles. The number of carbonyl (C=O) groups excluding carboxylic acids is 5. The van der Waals surface area contributed by atoms with Crippen LogP contribution in [0.15, 0.2) is 150 Å². The van der Waals surface area contributed by atoms with Crippen LogP contribution in [0, 0.1) is 50.2 Å². The zero-order valence-electron chi connectivity index (χ0n) is 90.0. The number of H-pyrrole nitrogens is 2. The van der Waals surface area contributed by atoms with Gasteiger partial charge in [-0.15, -0.1) is 12.4 Å². The number of halogens is 2. The fourth-order valence-corrected chi connectivity index (χ4v) is 17.9. The van der Waals surface area contributed by atoms with Crippen molar-refractivity contribution in [3.05, 3.63) is 212 Å². The Balaban J connectivity index is 0.000000365. The lowest BCUT2D eigenvalue weighted by Crippen LogP contribution is -2.33. The van der Waals surface area contributed by atoms with Crippen molar-refractivity contribution in [3.63, 3.8) is 0 Å². The lowest BCUT2D eigenvalue weighted by atomic mass is 10.0. The first-order valence-corrected chi connectivity index (χ1v) is 56.0. The van der Waals surface area contributed by atoms with E-state index in [0.717, 1.165) is 97.0 Å². The quantitative estimate of drug-likeness (QED) is 0.00322. The number of hydrazine groups is 2. The Bertz CT molecular complexity index is 5100. The highest BCUT2D eigenvalue weighted by molar-refractivity contribution is 9.10. The summed E-state index contributed by atoms with van der Waals surface area (Å²) >= 11 is 3.25. The molecule has 4 fully saturated rings. The molecule has 147 heavy (non-hydrogen) atoms. The predicted molar refractivity (Wildman–Crippen MR) is 601 cm³/mol. The summed E-state index contributed by atoms with van der Waals surface area (Å²) in [4.78, 5) is 77.5. The van der Waals surface area contributed by atoms with E-state index in [-0.39, 0.29) is 59.7 Å². The number of rotatable bonds is 63. The average molecular weight is 2100 g/mol. The molecule has 0 unspecified atom stereocenters. The number of hydrogen-bond donors (Lipinski definition) is 10. The number of unbranched alkanes of at least 4 members (excludes halogenated alkanes) is 40. The fourth-order valence-electron chi connectivity index (χ4n) is 17.5. The van der Waals surface area contributed by atoms with Gasteiger partial charge in [-0.3, -0.25) is 51.9 Å². The number of benzene rings is 6. The molecule has 25 nitrogen and oxygen atoms in total. The Morgan fingerprint density at radius 1 is 0.395 bits per heavy atom. The number of ether oxygens (including phenoxy) is 2. The molecule has 8 aromatic rings. The number of ketones is 1. The smallest absolute Gasteiger partial charge is 0.337 e. The number of aryl methyl sites for hydroxylation is 5. The molecular formula is C120H178BrClN16O9. The van der Waals surface area contributed by atoms with E-state index in [2.05, 4.69) is 187 Å². The molecule has 806 valence electrons. The third kappa shape index (κ3) is 51.3. The number of esters is 2. The van der Waals surface area contributed by atoms with Gasteiger partial charge in [0.1, 0.15) is 28.3 Å². The third-order valence-electron chi connectivity index (χ3n) is 27.7. The van der Waals surface area contributed by atoms with Crippen LogP contribution in [-0.2, 0) is 62.0 Å². The Morgan fingerprint density at radius 3 is 0.973 bits per heavy atom. The molecule has 4 aliphatic rings. The van der Waals surface area contributed by atoms with Gasteiger partial charge < -0.3 is 25.6 Å². The van der Waals surface area contributed by atoms with Crippen LogP contribution < -0.4 is 34.0 Å². The van der Waals surface area contributed by atoms with Crippen molar-refractivity contribution in [2.45, 2.75) is 418 Å². The van der Waals surface area contributed by atoms with Crippen molar-refractivity contribution in [1.29, 1.82) is 21.2 Å². The number of aromatic amines is 2. The van der Waals surface area contributed by atoms with Gasteiger partial charge >= 0.3 is 17.9 Å². The minimum absolute atomic E-state index is 0. The number of Topliss-reactive ketones (excluding diaryl/α,β-unsaturated/α-hetero) is 1. The summed E-state index contributed by atoms with van der Waals surface area (Å²) in [6.45, 7) is 11.2. The topological polar surface area (TPSA) is 448 Å². The van der Waals surface area contributed by atoms with Crippen molar-refractivity contribution in [2.24, 2.45) is 34.1 Å². The number of aliphatic carboxylic acids is 1. The van der Waals surface area contributed by atoms with Gasteiger partial charge in [-0.25, -0.2) is 25.4 Å². The van der Waals surface area contributed by atoms with Crippen LogP contribution in [0.5, 0.6) is 0 Å². The molecule has 27 heteroatoms. The second-order valence-electron chi connectivity index (χ2n) is 39.9. The second-order valence-corrected chi connectivity index (χ2v) is 40.8. The number of aromatic nitrogens is 6. The highest BCUT2D eigenvalue weighted by Gasteiger charge is 2.52. The van der Waals surface area contributed by atoms with E-state index in [1.54, 1.807) is 36.4 Å². The number of nitriles is 3. The number of carboxylic acids is 1. The molecule has 0 radical (unpaired) electrons. The van der Waals surface area contributed by atoms with Gasteiger partial charge in [0.25, 0.3) is 11.8 Å². The van der Waals surface area contributed by atoms with Crippen LogP contribution >= 0.6 is 28.3 Å². The van der Waals surface area contributed by atoms with Gasteiger partial charge in [0.2, 0.25) is 0 Å². The van der Waals surface area contributed by atoms with E-state index in [1.165, 1.54) is 319 Å². The van der Waals surface area contributed by atoms with Gasteiger partial charge in [0.15, 0.2) is 22.8 Å².